The molecule has 1 heterocycles. The Morgan fingerprint density at radius 3 is 2.62 bits per heavy atom. The van der Waals surface area contributed by atoms with Crippen molar-refractivity contribution in [1.82, 2.24) is 14.7 Å². The van der Waals surface area contributed by atoms with Gasteiger partial charge in [0.05, 0.1) is 30.3 Å². The fourth-order valence-electron chi connectivity index (χ4n) is 2.54. The van der Waals surface area contributed by atoms with Gasteiger partial charge in [-0.25, -0.2) is 4.68 Å². The lowest BCUT2D eigenvalue weighted by Crippen LogP contribution is -2.32. The van der Waals surface area contributed by atoms with Crippen molar-refractivity contribution < 1.29 is 14.3 Å². The summed E-state index contributed by atoms with van der Waals surface area (Å²) in [4.78, 5) is 25.3. The first-order valence-corrected chi connectivity index (χ1v) is 8.31. The number of nitriles is 1. The topological polar surface area (TPSA) is 88.2 Å². The summed E-state index contributed by atoms with van der Waals surface area (Å²) in [6.45, 7) is 3.73. The zero-order valence-corrected chi connectivity index (χ0v) is 15.2. The van der Waals surface area contributed by atoms with Crippen molar-refractivity contribution in [2.45, 2.75) is 26.7 Å². The van der Waals surface area contributed by atoms with Crippen molar-refractivity contribution in [3.8, 4) is 11.8 Å². The Labute approximate surface area is 152 Å². The molecule has 0 saturated carbocycles. The normalized spacial score (nSPS) is 10.2. The highest BCUT2D eigenvalue weighted by Crippen LogP contribution is 2.18. The van der Waals surface area contributed by atoms with Gasteiger partial charge in [-0.15, -0.1) is 0 Å². The number of hydrogen-bond donors (Lipinski definition) is 0. The van der Waals surface area contributed by atoms with Crippen LogP contribution in [0.15, 0.2) is 30.3 Å². The van der Waals surface area contributed by atoms with Gasteiger partial charge in [0.2, 0.25) is 0 Å². The number of para-hydroxylation sites is 1. The number of aromatic nitrogens is 2. The van der Waals surface area contributed by atoms with E-state index in [-0.39, 0.29) is 25.4 Å². The molecular weight excluding hydrogens is 332 g/mol. The Balaban J connectivity index is 1.99. The second-order valence-electron chi connectivity index (χ2n) is 5.96. The molecular formula is C19H22N4O3. The molecule has 0 unspecified atom stereocenters. The predicted octanol–water partition coefficient (Wildman–Crippen LogP) is 1.95. The minimum atomic E-state index is -0.481. The molecule has 0 spiro atoms. The van der Waals surface area contributed by atoms with E-state index in [1.54, 1.807) is 11.7 Å². The van der Waals surface area contributed by atoms with Crippen molar-refractivity contribution in [2.75, 3.05) is 20.2 Å². The number of amides is 1. The third kappa shape index (κ3) is 4.70. The van der Waals surface area contributed by atoms with Gasteiger partial charge in [-0.05, 0) is 26.0 Å². The number of hydrogen-bond acceptors (Lipinski definition) is 5. The fraction of sp³-hybridized carbons (Fsp3) is 0.368. The number of nitrogens with zero attached hydrogens (tertiary/aromatic N) is 4. The number of likely N-dealkylation sites (N-methyl/N-ethyl adjacent to an activating group) is 1. The molecule has 0 saturated heterocycles. The van der Waals surface area contributed by atoms with Crippen LogP contribution in [0.2, 0.25) is 0 Å². The van der Waals surface area contributed by atoms with Crippen molar-refractivity contribution in [1.29, 1.82) is 5.26 Å². The largest absolute Gasteiger partial charge is 0.455 e. The first kappa shape index (κ1) is 19.2. The minimum absolute atomic E-state index is 0.0552. The molecule has 0 N–H and O–H groups in total. The monoisotopic (exact) mass is 354 g/mol. The number of carbonyl (C=O) groups excluding carboxylic acids is 2. The summed E-state index contributed by atoms with van der Waals surface area (Å²) in [6, 6.07) is 11.6. The van der Waals surface area contributed by atoms with Gasteiger partial charge in [0, 0.05) is 24.8 Å². The van der Waals surface area contributed by atoms with Gasteiger partial charge in [-0.2, -0.15) is 10.4 Å². The number of esters is 1. The van der Waals surface area contributed by atoms with E-state index >= 15 is 0 Å². The van der Waals surface area contributed by atoms with Gasteiger partial charge in [-0.3, -0.25) is 9.59 Å². The number of carbonyl (C=O) groups is 2. The molecule has 0 radical (unpaired) electrons. The first-order valence-electron chi connectivity index (χ1n) is 8.31. The lowest BCUT2D eigenvalue weighted by atomic mass is 10.1. The van der Waals surface area contributed by atoms with Crippen LogP contribution in [0.4, 0.5) is 0 Å². The van der Waals surface area contributed by atoms with E-state index in [9.17, 15) is 9.59 Å². The molecule has 0 atom stereocenters. The molecule has 0 bridgehead atoms. The van der Waals surface area contributed by atoms with Gasteiger partial charge in [0.1, 0.15) is 0 Å². The second-order valence-corrected chi connectivity index (χ2v) is 5.96. The SMILES string of the molecule is Cc1nn(-c2ccccc2)c(C)c1CC(=O)OCC(=O)N(C)CCC#N. The van der Waals surface area contributed by atoms with Crippen LogP contribution in [0, 0.1) is 25.2 Å². The molecule has 136 valence electrons. The lowest BCUT2D eigenvalue weighted by molar-refractivity contribution is -0.150. The summed E-state index contributed by atoms with van der Waals surface area (Å²) >= 11 is 0. The standard InChI is InChI=1S/C19H22N4O3/c1-14-17(15(2)23(21-14)16-8-5-4-6-9-16)12-19(25)26-13-18(24)22(3)11-7-10-20/h4-6,8-9H,7,11-13H2,1-3H3. The fourth-order valence-corrected chi connectivity index (χ4v) is 2.54. The van der Waals surface area contributed by atoms with Crippen LogP contribution in [-0.4, -0.2) is 46.8 Å². The minimum Gasteiger partial charge on any atom is -0.455 e. The Hall–Kier alpha value is -3.14. The Bertz CT molecular complexity index is 821. The first-order chi connectivity index (χ1) is 12.4. The van der Waals surface area contributed by atoms with Gasteiger partial charge >= 0.3 is 5.97 Å². The second kappa shape index (κ2) is 8.81. The van der Waals surface area contributed by atoms with Crippen LogP contribution in [0.25, 0.3) is 5.69 Å². The average Bonchev–Trinajstić information content (AvgIpc) is 2.93. The number of benzene rings is 1. The summed E-state index contributed by atoms with van der Waals surface area (Å²) in [5.74, 6) is -0.812. The van der Waals surface area contributed by atoms with Crippen LogP contribution in [-0.2, 0) is 20.7 Å². The zero-order valence-electron chi connectivity index (χ0n) is 15.2. The number of rotatable bonds is 7. The maximum atomic E-state index is 12.1. The van der Waals surface area contributed by atoms with E-state index in [1.165, 1.54) is 4.90 Å². The number of aryl methyl sites for hydroxylation is 1. The van der Waals surface area contributed by atoms with E-state index in [0.717, 1.165) is 22.6 Å². The summed E-state index contributed by atoms with van der Waals surface area (Å²) in [5.41, 5.74) is 3.33. The highest BCUT2D eigenvalue weighted by molar-refractivity contribution is 5.81. The van der Waals surface area contributed by atoms with Crippen molar-refractivity contribution in [3.05, 3.63) is 47.3 Å². The van der Waals surface area contributed by atoms with E-state index in [4.69, 9.17) is 10.00 Å². The van der Waals surface area contributed by atoms with E-state index in [0.29, 0.717) is 6.54 Å². The van der Waals surface area contributed by atoms with E-state index < -0.39 is 5.97 Å². The van der Waals surface area contributed by atoms with Gasteiger partial charge < -0.3 is 9.64 Å². The summed E-state index contributed by atoms with van der Waals surface area (Å²) in [7, 11) is 1.58. The highest BCUT2D eigenvalue weighted by atomic mass is 16.5. The van der Waals surface area contributed by atoms with Crippen molar-refractivity contribution >= 4 is 11.9 Å². The quantitative estimate of drug-likeness (QED) is 0.709. The van der Waals surface area contributed by atoms with Crippen LogP contribution in [0.5, 0.6) is 0 Å². The third-order valence-corrected chi connectivity index (χ3v) is 4.10. The van der Waals surface area contributed by atoms with Gasteiger partial charge in [0.15, 0.2) is 6.61 Å². The Morgan fingerprint density at radius 1 is 1.27 bits per heavy atom. The Morgan fingerprint density at radius 2 is 1.96 bits per heavy atom. The molecule has 0 aliphatic carbocycles. The third-order valence-electron chi connectivity index (χ3n) is 4.10. The van der Waals surface area contributed by atoms with Crippen LogP contribution in [0.3, 0.4) is 0 Å². The average molecular weight is 354 g/mol. The van der Waals surface area contributed by atoms with Gasteiger partial charge in [-0.1, -0.05) is 18.2 Å². The maximum absolute atomic E-state index is 12.1. The smallest absolute Gasteiger partial charge is 0.310 e. The summed E-state index contributed by atoms with van der Waals surface area (Å²) in [5, 5.41) is 13.0. The summed E-state index contributed by atoms with van der Waals surface area (Å²) < 4.78 is 6.87. The summed E-state index contributed by atoms with van der Waals surface area (Å²) in [6.07, 6.45) is 0.299. The molecule has 2 rings (SSSR count). The van der Waals surface area contributed by atoms with Gasteiger partial charge in [0.25, 0.3) is 5.91 Å². The Kier molecular flexibility index (Phi) is 6.50. The molecule has 0 aliphatic heterocycles. The van der Waals surface area contributed by atoms with Crippen LogP contribution >= 0.6 is 0 Å². The maximum Gasteiger partial charge on any atom is 0.310 e. The molecule has 0 fully saturated rings. The molecule has 7 nitrogen and oxygen atoms in total. The molecule has 7 heteroatoms. The molecule has 2 aromatic rings. The molecule has 26 heavy (non-hydrogen) atoms. The zero-order chi connectivity index (χ0) is 19.1. The van der Waals surface area contributed by atoms with Crippen molar-refractivity contribution in [3.63, 3.8) is 0 Å². The van der Waals surface area contributed by atoms with Crippen LogP contribution in [0.1, 0.15) is 23.4 Å². The predicted molar refractivity (Wildman–Crippen MR) is 95.6 cm³/mol. The van der Waals surface area contributed by atoms with Crippen LogP contribution < -0.4 is 0 Å². The van der Waals surface area contributed by atoms with E-state index in [2.05, 4.69) is 5.10 Å². The lowest BCUT2D eigenvalue weighted by Gasteiger charge is -2.15. The molecule has 1 aromatic carbocycles. The van der Waals surface area contributed by atoms with E-state index in [1.807, 2.05) is 50.2 Å². The number of ether oxygens (including phenoxy) is 1. The molecule has 1 amide bonds. The molecule has 1 aromatic heterocycles. The van der Waals surface area contributed by atoms with Crippen molar-refractivity contribution in [2.24, 2.45) is 0 Å². The highest BCUT2D eigenvalue weighted by Gasteiger charge is 2.18. The molecule has 0 aliphatic rings.